The molecule has 0 fully saturated rings. The molecule has 0 saturated heterocycles. The van der Waals surface area contributed by atoms with Crippen molar-refractivity contribution < 1.29 is 0 Å². The van der Waals surface area contributed by atoms with E-state index in [4.69, 9.17) is 16.9 Å². The molecule has 5 heteroatoms. The first-order valence-corrected chi connectivity index (χ1v) is 8.69. The molecular weight excluding hydrogens is 356 g/mol. The molecule has 4 nitrogen and oxygen atoms in total. The van der Waals surface area contributed by atoms with Crippen LogP contribution in [0.5, 0.6) is 0 Å². The van der Waals surface area contributed by atoms with E-state index in [1.165, 1.54) is 0 Å². The van der Waals surface area contributed by atoms with Crippen LogP contribution in [0.25, 0.3) is 33.9 Å². The molecule has 128 valence electrons. The number of halogens is 1. The highest BCUT2D eigenvalue weighted by Gasteiger charge is 2.10. The van der Waals surface area contributed by atoms with Gasteiger partial charge in [0.2, 0.25) is 5.28 Å². The lowest BCUT2D eigenvalue weighted by atomic mass is 10.0. The molecule has 4 aromatic rings. The van der Waals surface area contributed by atoms with E-state index in [-0.39, 0.29) is 5.28 Å². The first kappa shape index (κ1) is 16.9. The van der Waals surface area contributed by atoms with Crippen molar-refractivity contribution in [3.63, 3.8) is 0 Å². The fraction of sp³-hybridized carbons (Fsp3) is 0. The van der Waals surface area contributed by atoms with E-state index in [1.807, 2.05) is 42.5 Å². The lowest BCUT2D eigenvalue weighted by Crippen LogP contribution is -1.97. The van der Waals surface area contributed by atoms with Crippen LogP contribution >= 0.6 is 11.6 Å². The van der Waals surface area contributed by atoms with Crippen molar-refractivity contribution in [1.82, 2.24) is 15.0 Å². The monoisotopic (exact) mass is 368 g/mol. The van der Waals surface area contributed by atoms with Gasteiger partial charge in [0.05, 0.1) is 11.6 Å². The van der Waals surface area contributed by atoms with Crippen LogP contribution in [0.4, 0.5) is 0 Å². The van der Waals surface area contributed by atoms with E-state index in [0.29, 0.717) is 17.2 Å². The van der Waals surface area contributed by atoms with Crippen molar-refractivity contribution in [2.24, 2.45) is 0 Å². The van der Waals surface area contributed by atoms with Gasteiger partial charge < -0.3 is 0 Å². The molecule has 0 unspecified atom stereocenters. The standard InChI is InChI=1S/C22H13ClN4/c23-22-26-20(17-11-9-15(14-24)10-12-17)25-21(27-22)19-8-4-7-18(13-19)16-5-2-1-3-6-16/h1-13H. The highest BCUT2D eigenvalue weighted by molar-refractivity contribution is 6.28. The maximum atomic E-state index is 8.94. The molecule has 0 amide bonds. The first-order valence-electron chi connectivity index (χ1n) is 8.31. The molecule has 0 radical (unpaired) electrons. The fourth-order valence-electron chi connectivity index (χ4n) is 2.77. The summed E-state index contributed by atoms with van der Waals surface area (Å²) in [5.41, 5.74) is 4.40. The Balaban J connectivity index is 1.76. The number of hydrogen-bond acceptors (Lipinski definition) is 4. The second kappa shape index (κ2) is 7.36. The highest BCUT2D eigenvalue weighted by Crippen LogP contribution is 2.26. The van der Waals surface area contributed by atoms with E-state index >= 15 is 0 Å². The Bertz CT molecular complexity index is 1130. The van der Waals surface area contributed by atoms with Gasteiger partial charge in [0.25, 0.3) is 0 Å². The highest BCUT2D eigenvalue weighted by atomic mass is 35.5. The number of aromatic nitrogens is 3. The second-order valence-electron chi connectivity index (χ2n) is 5.89. The van der Waals surface area contributed by atoms with Gasteiger partial charge in [-0.1, -0.05) is 48.5 Å². The molecule has 1 aromatic heterocycles. The zero-order valence-corrected chi connectivity index (χ0v) is 14.9. The molecule has 0 spiro atoms. The van der Waals surface area contributed by atoms with Crippen LogP contribution in [-0.2, 0) is 0 Å². The van der Waals surface area contributed by atoms with Gasteiger partial charge in [-0.3, -0.25) is 0 Å². The summed E-state index contributed by atoms with van der Waals surface area (Å²) in [6, 6.07) is 27.2. The average Bonchev–Trinajstić information content (AvgIpc) is 2.74. The minimum atomic E-state index is 0.129. The Labute approximate surface area is 161 Å². The van der Waals surface area contributed by atoms with Crippen LogP contribution in [0.2, 0.25) is 5.28 Å². The molecule has 3 aromatic carbocycles. The fourth-order valence-corrected chi connectivity index (χ4v) is 2.93. The van der Waals surface area contributed by atoms with Crippen LogP contribution in [0.3, 0.4) is 0 Å². The molecule has 0 N–H and O–H groups in total. The van der Waals surface area contributed by atoms with Crippen LogP contribution in [0.1, 0.15) is 5.56 Å². The zero-order valence-electron chi connectivity index (χ0n) is 14.2. The number of nitriles is 1. The molecule has 27 heavy (non-hydrogen) atoms. The zero-order chi connectivity index (χ0) is 18.6. The molecule has 0 aliphatic rings. The van der Waals surface area contributed by atoms with Gasteiger partial charge in [0.1, 0.15) is 0 Å². The van der Waals surface area contributed by atoms with Gasteiger partial charge >= 0.3 is 0 Å². The van der Waals surface area contributed by atoms with Gasteiger partial charge in [-0.2, -0.15) is 15.2 Å². The van der Waals surface area contributed by atoms with Gasteiger partial charge in [-0.15, -0.1) is 0 Å². The predicted molar refractivity (Wildman–Crippen MR) is 106 cm³/mol. The van der Waals surface area contributed by atoms with Gasteiger partial charge in [-0.05, 0) is 53.1 Å². The summed E-state index contributed by atoms with van der Waals surface area (Å²) in [7, 11) is 0. The van der Waals surface area contributed by atoms with E-state index in [9.17, 15) is 0 Å². The third kappa shape index (κ3) is 3.69. The van der Waals surface area contributed by atoms with E-state index in [0.717, 1.165) is 22.3 Å². The van der Waals surface area contributed by atoms with E-state index < -0.39 is 0 Å². The molecule has 4 rings (SSSR count). The Morgan fingerprint density at radius 3 is 1.96 bits per heavy atom. The van der Waals surface area contributed by atoms with Crippen molar-refractivity contribution in [3.05, 3.63) is 89.7 Å². The smallest absolute Gasteiger partial charge is 0.208 e. The minimum Gasteiger partial charge on any atom is -0.208 e. The third-order valence-electron chi connectivity index (χ3n) is 4.11. The van der Waals surface area contributed by atoms with Crippen molar-refractivity contribution in [3.8, 4) is 40.0 Å². The summed E-state index contributed by atoms with van der Waals surface area (Å²) >= 11 is 6.15. The largest absolute Gasteiger partial charge is 0.226 e. The maximum absolute atomic E-state index is 8.94. The number of nitrogens with zero attached hydrogens (tertiary/aromatic N) is 4. The normalized spacial score (nSPS) is 10.4. The summed E-state index contributed by atoms with van der Waals surface area (Å²) in [5.74, 6) is 0.978. The Morgan fingerprint density at radius 2 is 1.26 bits per heavy atom. The van der Waals surface area contributed by atoms with Crippen molar-refractivity contribution in [1.29, 1.82) is 5.26 Å². The van der Waals surface area contributed by atoms with Crippen molar-refractivity contribution in [2.75, 3.05) is 0 Å². The number of rotatable bonds is 3. The summed E-state index contributed by atoms with van der Waals surface area (Å²) < 4.78 is 0. The van der Waals surface area contributed by atoms with E-state index in [1.54, 1.807) is 24.3 Å². The Morgan fingerprint density at radius 1 is 0.630 bits per heavy atom. The number of benzene rings is 3. The van der Waals surface area contributed by atoms with Gasteiger partial charge in [-0.25, -0.2) is 4.98 Å². The SMILES string of the molecule is N#Cc1ccc(-c2nc(Cl)nc(-c3cccc(-c4ccccc4)c3)n2)cc1. The van der Waals surface area contributed by atoms with Crippen molar-refractivity contribution in [2.45, 2.75) is 0 Å². The van der Waals surface area contributed by atoms with Crippen LogP contribution in [0, 0.1) is 11.3 Å². The first-order chi connectivity index (χ1) is 13.2. The van der Waals surface area contributed by atoms with E-state index in [2.05, 4.69) is 33.2 Å². The summed E-state index contributed by atoms with van der Waals surface area (Å²) in [6.07, 6.45) is 0. The maximum Gasteiger partial charge on any atom is 0.226 e. The number of hydrogen-bond donors (Lipinski definition) is 0. The van der Waals surface area contributed by atoms with Gasteiger partial charge in [0.15, 0.2) is 11.6 Å². The lowest BCUT2D eigenvalue weighted by molar-refractivity contribution is 1.07. The molecule has 0 bridgehead atoms. The molecular formula is C22H13ClN4. The van der Waals surface area contributed by atoms with Gasteiger partial charge in [0, 0.05) is 11.1 Å². The predicted octanol–water partition coefficient (Wildman–Crippen LogP) is 5.40. The molecule has 0 aliphatic carbocycles. The average molecular weight is 369 g/mol. The minimum absolute atomic E-state index is 0.129. The molecule has 1 heterocycles. The third-order valence-corrected chi connectivity index (χ3v) is 4.28. The summed E-state index contributed by atoms with van der Waals surface area (Å²) in [5, 5.41) is 9.07. The van der Waals surface area contributed by atoms with Crippen LogP contribution < -0.4 is 0 Å². The van der Waals surface area contributed by atoms with Crippen LogP contribution in [-0.4, -0.2) is 15.0 Å². The molecule has 0 aliphatic heterocycles. The second-order valence-corrected chi connectivity index (χ2v) is 6.23. The lowest BCUT2D eigenvalue weighted by Gasteiger charge is -2.07. The summed E-state index contributed by atoms with van der Waals surface area (Å²) in [6.45, 7) is 0. The topological polar surface area (TPSA) is 62.5 Å². The Kier molecular flexibility index (Phi) is 4.61. The molecule has 0 saturated carbocycles. The quantitative estimate of drug-likeness (QED) is 0.486. The summed E-state index contributed by atoms with van der Waals surface area (Å²) in [4.78, 5) is 13.1. The Hall–Kier alpha value is -3.55. The molecule has 0 atom stereocenters. The van der Waals surface area contributed by atoms with Crippen molar-refractivity contribution >= 4 is 11.6 Å². The van der Waals surface area contributed by atoms with Crippen LogP contribution in [0.15, 0.2) is 78.9 Å².